The number of benzene rings is 4. The summed E-state index contributed by atoms with van der Waals surface area (Å²) >= 11 is 0. The molecule has 54 heavy (non-hydrogen) atoms. The lowest BCUT2D eigenvalue weighted by Gasteiger charge is -2.09. The Morgan fingerprint density at radius 3 is 0.870 bits per heavy atom. The molecule has 0 fully saturated rings. The molecule has 9 rings (SSSR count). The highest BCUT2D eigenvalue weighted by atomic mass is 14.8. The van der Waals surface area contributed by atoms with E-state index in [0.29, 0.717) is 5.92 Å². The van der Waals surface area contributed by atoms with Crippen molar-refractivity contribution in [3.63, 3.8) is 0 Å². The normalized spacial score (nSPS) is 12.2. The summed E-state index contributed by atoms with van der Waals surface area (Å²) in [5.74, 6) is 0.441. The van der Waals surface area contributed by atoms with E-state index in [1.54, 1.807) is 0 Å². The fourth-order valence-corrected chi connectivity index (χ4v) is 7.62. The molecule has 3 aromatic heterocycles. The van der Waals surface area contributed by atoms with Crippen molar-refractivity contribution < 1.29 is 0 Å². The Morgan fingerprint density at radius 2 is 0.611 bits per heavy atom. The highest BCUT2D eigenvalue weighted by Gasteiger charge is 2.19. The van der Waals surface area contributed by atoms with Crippen LogP contribution in [-0.2, 0) is 0 Å². The first-order chi connectivity index (χ1) is 26.3. The predicted octanol–water partition coefficient (Wildman–Crippen LogP) is 13.4. The average molecular weight is 699 g/mol. The number of nitrogens with zero attached hydrogens (tertiary/aromatic N) is 2. The van der Waals surface area contributed by atoms with E-state index in [-0.39, 0.29) is 0 Å². The van der Waals surface area contributed by atoms with Crippen molar-refractivity contribution in [1.29, 1.82) is 0 Å². The lowest BCUT2D eigenvalue weighted by molar-refractivity contribution is 0.867. The van der Waals surface area contributed by atoms with Crippen LogP contribution in [0.2, 0.25) is 0 Å². The number of aromatic nitrogens is 4. The molecule has 262 valence electrons. The SMILES string of the molecule is Cc1ccc(-c2c3nc(c(-c4ccc(C)cc4)c4ccc([nH]4)c(-c4ccc(C(C)C)cc4)c4nc(c(-c5ccc(C)cc5)c5ccc2[nH]5)C=C4)C=C3)cc1. The molecule has 0 atom stereocenters. The van der Waals surface area contributed by atoms with Gasteiger partial charge in [0.05, 0.1) is 22.8 Å². The van der Waals surface area contributed by atoms with Gasteiger partial charge in [-0.2, -0.15) is 0 Å². The van der Waals surface area contributed by atoms with Gasteiger partial charge in [-0.05, 0) is 103 Å². The quantitative estimate of drug-likeness (QED) is 0.188. The highest BCUT2D eigenvalue weighted by Crippen LogP contribution is 2.38. The number of hydrogen-bond acceptors (Lipinski definition) is 2. The van der Waals surface area contributed by atoms with Gasteiger partial charge in [-0.15, -0.1) is 0 Å². The van der Waals surface area contributed by atoms with Crippen LogP contribution >= 0.6 is 0 Å². The molecule has 2 aliphatic rings. The van der Waals surface area contributed by atoms with Gasteiger partial charge in [0.2, 0.25) is 0 Å². The topological polar surface area (TPSA) is 57.4 Å². The largest absolute Gasteiger partial charge is 0.354 e. The lowest BCUT2D eigenvalue weighted by atomic mass is 9.98. The molecule has 0 spiro atoms. The summed E-state index contributed by atoms with van der Waals surface area (Å²) in [5, 5.41) is 0. The van der Waals surface area contributed by atoms with Crippen LogP contribution < -0.4 is 0 Å². The fraction of sp³-hybridized carbons (Fsp3) is 0.120. The number of aromatic amines is 2. The molecule has 0 aliphatic carbocycles. The molecule has 0 amide bonds. The first kappa shape index (κ1) is 33.3. The molecule has 0 saturated heterocycles. The van der Waals surface area contributed by atoms with Crippen LogP contribution in [0, 0.1) is 20.8 Å². The second-order valence-electron chi connectivity index (χ2n) is 14.9. The maximum atomic E-state index is 5.45. The minimum Gasteiger partial charge on any atom is -0.354 e. The minimum atomic E-state index is 0.441. The van der Waals surface area contributed by atoms with Crippen molar-refractivity contribution in [1.82, 2.24) is 19.9 Å². The van der Waals surface area contributed by atoms with Crippen LogP contribution in [0.1, 0.15) is 64.8 Å². The van der Waals surface area contributed by atoms with Crippen molar-refractivity contribution in [3.8, 4) is 44.5 Å². The molecular weight excluding hydrogens is 657 g/mol. The lowest BCUT2D eigenvalue weighted by Crippen LogP contribution is -1.91. The monoisotopic (exact) mass is 698 g/mol. The molecular formula is C50H42N4. The third kappa shape index (κ3) is 6.10. The maximum Gasteiger partial charge on any atom is 0.0737 e. The Bertz CT molecular complexity index is 2730. The highest BCUT2D eigenvalue weighted by molar-refractivity contribution is 5.99. The zero-order chi connectivity index (χ0) is 36.9. The number of hydrogen-bond donors (Lipinski definition) is 2. The second kappa shape index (κ2) is 13.5. The first-order valence-corrected chi connectivity index (χ1v) is 18.8. The molecule has 7 aromatic rings. The van der Waals surface area contributed by atoms with Gasteiger partial charge in [-0.1, -0.05) is 128 Å². The molecule has 0 saturated carbocycles. The Labute approximate surface area is 316 Å². The maximum absolute atomic E-state index is 5.45. The molecule has 4 aromatic carbocycles. The standard InChI is InChI=1S/C50H42N4/c1-30(2)34-18-20-38(21-19-34)50-45-28-26-43(53-45)48(36-14-8-32(4)9-15-36)41-24-22-39(51-41)47(35-12-6-31(3)7-13-35)40-23-25-42(52-40)49(44-27-29-46(50)54-44)37-16-10-33(5)11-17-37/h6-30,51,54H,1-5H3. The zero-order valence-corrected chi connectivity index (χ0v) is 31.3. The fourth-order valence-electron chi connectivity index (χ4n) is 7.62. The van der Waals surface area contributed by atoms with Gasteiger partial charge in [-0.3, -0.25) is 0 Å². The third-order valence-corrected chi connectivity index (χ3v) is 10.6. The number of rotatable bonds is 5. The minimum absolute atomic E-state index is 0.441. The van der Waals surface area contributed by atoms with Crippen LogP contribution in [0.4, 0.5) is 0 Å². The van der Waals surface area contributed by atoms with Crippen molar-refractivity contribution in [3.05, 3.63) is 166 Å². The summed E-state index contributed by atoms with van der Waals surface area (Å²) in [4.78, 5) is 18.6. The van der Waals surface area contributed by atoms with E-state index in [1.165, 1.54) is 22.3 Å². The smallest absolute Gasteiger partial charge is 0.0737 e. The molecule has 5 heterocycles. The second-order valence-corrected chi connectivity index (χ2v) is 14.9. The van der Waals surface area contributed by atoms with E-state index in [2.05, 4.69) is 190 Å². The Kier molecular flexibility index (Phi) is 8.31. The summed E-state index contributed by atoms with van der Waals surface area (Å²) in [7, 11) is 0. The van der Waals surface area contributed by atoms with E-state index in [0.717, 1.165) is 89.4 Å². The van der Waals surface area contributed by atoms with Crippen LogP contribution in [0.3, 0.4) is 0 Å². The van der Waals surface area contributed by atoms with Crippen molar-refractivity contribution in [2.45, 2.75) is 40.5 Å². The van der Waals surface area contributed by atoms with Crippen molar-refractivity contribution in [2.24, 2.45) is 0 Å². The van der Waals surface area contributed by atoms with E-state index >= 15 is 0 Å². The predicted molar refractivity (Wildman–Crippen MR) is 229 cm³/mol. The average Bonchev–Trinajstić information content (AvgIpc) is 4.02. The third-order valence-electron chi connectivity index (χ3n) is 10.6. The first-order valence-electron chi connectivity index (χ1n) is 18.8. The summed E-state index contributed by atoms with van der Waals surface area (Å²) in [6, 6.07) is 43.9. The molecule has 2 aliphatic heterocycles. The van der Waals surface area contributed by atoms with Gasteiger partial charge >= 0.3 is 0 Å². The molecule has 0 radical (unpaired) electrons. The number of H-pyrrole nitrogens is 2. The number of aryl methyl sites for hydroxylation is 3. The summed E-state index contributed by atoms with van der Waals surface area (Å²) in [6.45, 7) is 10.8. The summed E-state index contributed by atoms with van der Waals surface area (Å²) in [5.41, 5.74) is 21.2. The van der Waals surface area contributed by atoms with E-state index in [9.17, 15) is 0 Å². The molecule has 4 nitrogen and oxygen atoms in total. The van der Waals surface area contributed by atoms with Crippen molar-refractivity contribution in [2.75, 3.05) is 0 Å². The molecule has 4 heteroatoms. The summed E-state index contributed by atoms with van der Waals surface area (Å²) in [6.07, 6.45) is 8.64. The van der Waals surface area contributed by atoms with Crippen LogP contribution in [0.5, 0.6) is 0 Å². The van der Waals surface area contributed by atoms with Gasteiger partial charge in [0.1, 0.15) is 0 Å². The van der Waals surface area contributed by atoms with Gasteiger partial charge in [0.25, 0.3) is 0 Å². The van der Waals surface area contributed by atoms with Crippen LogP contribution in [-0.4, -0.2) is 19.9 Å². The van der Waals surface area contributed by atoms with Crippen LogP contribution in [0.15, 0.2) is 121 Å². The van der Waals surface area contributed by atoms with E-state index in [1.807, 2.05) is 0 Å². The summed E-state index contributed by atoms with van der Waals surface area (Å²) < 4.78 is 0. The van der Waals surface area contributed by atoms with E-state index < -0.39 is 0 Å². The van der Waals surface area contributed by atoms with Gasteiger partial charge < -0.3 is 9.97 Å². The number of fused-ring (bicyclic) bond motifs is 8. The van der Waals surface area contributed by atoms with E-state index in [4.69, 9.17) is 9.97 Å². The molecule has 2 N–H and O–H groups in total. The zero-order valence-electron chi connectivity index (χ0n) is 31.3. The van der Waals surface area contributed by atoms with Gasteiger partial charge in [0.15, 0.2) is 0 Å². The van der Waals surface area contributed by atoms with Gasteiger partial charge in [-0.25, -0.2) is 9.97 Å². The Morgan fingerprint density at radius 1 is 0.352 bits per heavy atom. The van der Waals surface area contributed by atoms with Crippen LogP contribution in [0.25, 0.3) is 90.9 Å². The number of nitrogens with one attached hydrogen (secondary N) is 2. The molecule has 0 unspecified atom stereocenters. The van der Waals surface area contributed by atoms with Gasteiger partial charge in [0, 0.05) is 44.3 Å². The Balaban J connectivity index is 1.45. The van der Waals surface area contributed by atoms with Crippen molar-refractivity contribution >= 4 is 46.4 Å². The molecule has 8 bridgehead atoms. The Hall–Kier alpha value is -6.52.